The summed E-state index contributed by atoms with van der Waals surface area (Å²) in [7, 11) is 1.26. The van der Waals surface area contributed by atoms with Crippen LogP contribution in [0.2, 0.25) is 5.02 Å². The molecular formula is C14H10ClFO2. The number of esters is 1. The molecule has 0 aliphatic carbocycles. The van der Waals surface area contributed by atoms with Gasteiger partial charge in [-0.15, -0.1) is 0 Å². The van der Waals surface area contributed by atoms with Crippen LogP contribution >= 0.6 is 11.6 Å². The number of ether oxygens (including phenoxy) is 1. The molecule has 2 rings (SSSR count). The van der Waals surface area contributed by atoms with Crippen molar-refractivity contribution in [2.75, 3.05) is 7.11 Å². The highest BCUT2D eigenvalue weighted by molar-refractivity contribution is 6.30. The molecule has 0 bridgehead atoms. The summed E-state index contributed by atoms with van der Waals surface area (Å²) in [5, 5.41) is 0.531. The van der Waals surface area contributed by atoms with Gasteiger partial charge in [-0.05, 0) is 29.8 Å². The molecule has 0 aliphatic heterocycles. The van der Waals surface area contributed by atoms with Crippen LogP contribution in [0.3, 0.4) is 0 Å². The van der Waals surface area contributed by atoms with Crippen molar-refractivity contribution in [2.45, 2.75) is 0 Å². The minimum absolute atomic E-state index is 0.181. The molecule has 18 heavy (non-hydrogen) atoms. The lowest BCUT2D eigenvalue weighted by Gasteiger charge is -2.06. The summed E-state index contributed by atoms with van der Waals surface area (Å²) in [6, 6.07) is 11.1. The second kappa shape index (κ2) is 5.19. The standard InChI is InChI=1S/C14H10ClFO2/c1-18-14(17)10-5-6-12(13(16)8-10)9-3-2-4-11(15)7-9/h2-8H,1H3. The Labute approximate surface area is 109 Å². The molecule has 2 aromatic rings. The van der Waals surface area contributed by atoms with Gasteiger partial charge in [0.1, 0.15) is 5.82 Å². The van der Waals surface area contributed by atoms with Gasteiger partial charge in [0.05, 0.1) is 12.7 Å². The summed E-state index contributed by atoms with van der Waals surface area (Å²) in [5.74, 6) is -1.05. The average Bonchev–Trinajstić information content (AvgIpc) is 2.37. The van der Waals surface area contributed by atoms with Gasteiger partial charge in [0.2, 0.25) is 0 Å². The third kappa shape index (κ3) is 2.51. The maximum atomic E-state index is 13.9. The van der Waals surface area contributed by atoms with Crippen molar-refractivity contribution in [2.24, 2.45) is 0 Å². The molecular weight excluding hydrogens is 255 g/mol. The molecule has 0 N–H and O–H groups in total. The molecule has 92 valence electrons. The Hall–Kier alpha value is -1.87. The molecule has 0 spiro atoms. The fourth-order valence-corrected chi connectivity index (χ4v) is 1.84. The quantitative estimate of drug-likeness (QED) is 0.768. The molecule has 0 amide bonds. The van der Waals surface area contributed by atoms with Gasteiger partial charge in [-0.1, -0.05) is 29.8 Å². The average molecular weight is 265 g/mol. The third-order valence-corrected chi connectivity index (χ3v) is 2.76. The number of halogens is 2. The Balaban J connectivity index is 2.45. The van der Waals surface area contributed by atoms with Crippen molar-refractivity contribution < 1.29 is 13.9 Å². The number of hydrogen-bond donors (Lipinski definition) is 0. The molecule has 0 aliphatic rings. The first kappa shape index (κ1) is 12.6. The maximum absolute atomic E-state index is 13.9. The molecule has 2 aromatic carbocycles. The second-order valence-corrected chi connectivity index (χ2v) is 4.13. The fraction of sp³-hybridized carbons (Fsp3) is 0.0714. The van der Waals surface area contributed by atoms with Crippen LogP contribution < -0.4 is 0 Å². The first-order valence-electron chi connectivity index (χ1n) is 5.25. The van der Waals surface area contributed by atoms with Gasteiger partial charge in [-0.25, -0.2) is 9.18 Å². The van der Waals surface area contributed by atoms with E-state index in [9.17, 15) is 9.18 Å². The number of rotatable bonds is 2. The summed E-state index contributed by atoms with van der Waals surface area (Å²) in [5.41, 5.74) is 1.24. The molecule has 0 heterocycles. The van der Waals surface area contributed by atoms with E-state index in [1.54, 1.807) is 24.3 Å². The van der Waals surface area contributed by atoms with E-state index < -0.39 is 11.8 Å². The Morgan fingerprint density at radius 2 is 2.00 bits per heavy atom. The highest BCUT2D eigenvalue weighted by atomic mass is 35.5. The second-order valence-electron chi connectivity index (χ2n) is 3.70. The molecule has 0 radical (unpaired) electrons. The van der Waals surface area contributed by atoms with Crippen LogP contribution in [0.25, 0.3) is 11.1 Å². The first-order chi connectivity index (χ1) is 8.61. The van der Waals surface area contributed by atoms with Crippen molar-refractivity contribution in [3.05, 3.63) is 58.9 Å². The van der Waals surface area contributed by atoms with E-state index in [2.05, 4.69) is 4.74 Å². The molecule has 0 unspecified atom stereocenters. The predicted molar refractivity (Wildman–Crippen MR) is 68.2 cm³/mol. The van der Waals surface area contributed by atoms with Crippen molar-refractivity contribution >= 4 is 17.6 Å². The van der Waals surface area contributed by atoms with Crippen molar-refractivity contribution in [3.8, 4) is 11.1 Å². The summed E-state index contributed by atoms with van der Waals surface area (Å²) >= 11 is 5.85. The van der Waals surface area contributed by atoms with Crippen molar-refractivity contribution in [1.82, 2.24) is 0 Å². The first-order valence-corrected chi connectivity index (χ1v) is 5.63. The van der Waals surface area contributed by atoms with Crippen LogP contribution in [0, 0.1) is 5.82 Å². The molecule has 0 saturated heterocycles. The van der Waals surface area contributed by atoms with E-state index in [1.165, 1.54) is 19.2 Å². The molecule has 0 atom stereocenters. The van der Waals surface area contributed by atoms with Gasteiger partial charge in [0.15, 0.2) is 0 Å². The molecule has 0 aromatic heterocycles. The minimum atomic E-state index is -0.563. The fourth-order valence-electron chi connectivity index (χ4n) is 1.65. The van der Waals surface area contributed by atoms with E-state index in [4.69, 9.17) is 11.6 Å². The SMILES string of the molecule is COC(=O)c1ccc(-c2cccc(Cl)c2)c(F)c1. The van der Waals surface area contributed by atoms with Gasteiger partial charge in [0.25, 0.3) is 0 Å². The van der Waals surface area contributed by atoms with Gasteiger partial charge < -0.3 is 4.74 Å². The lowest BCUT2D eigenvalue weighted by molar-refractivity contribution is 0.0600. The lowest BCUT2D eigenvalue weighted by atomic mass is 10.0. The number of hydrogen-bond acceptors (Lipinski definition) is 2. The summed E-state index contributed by atoms with van der Waals surface area (Å²) < 4.78 is 18.4. The highest BCUT2D eigenvalue weighted by Gasteiger charge is 2.11. The van der Waals surface area contributed by atoms with Crippen LogP contribution in [-0.4, -0.2) is 13.1 Å². The van der Waals surface area contributed by atoms with E-state index in [0.717, 1.165) is 6.07 Å². The molecule has 2 nitrogen and oxygen atoms in total. The van der Waals surface area contributed by atoms with Gasteiger partial charge >= 0.3 is 5.97 Å². The van der Waals surface area contributed by atoms with E-state index >= 15 is 0 Å². The third-order valence-electron chi connectivity index (χ3n) is 2.53. The number of methoxy groups -OCH3 is 1. The Morgan fingerprint density at radius 3 is 2.61 bits per heavy atom. The normalized spacial score (nSPS) is 10.2. The van der Waals surface area contributed by atoms with Crippen molar-refractivity contribution in [1.29, 1.82) is 0 Å². The smallest absolute Gasteiger partial charge is 0.337 e. The number of carbonyl (C=O) groups excluding carboxylic acids is 1. The monoisotopic (exact) mass is 264 g/mol. The van der Waals surface area contributed by atoms with Gasteiger partial charge in [0, 0.05) is 10.6 Å². The van der Waals surface area contributed by atoms with Crippen LogP contribution in [-0.2, 0) is 4.74 Å². The van der Waals surface area contributed by atoms with Gasteiger partial charge in [-0.3, -0.25) is 0 Å². The van der Waals surface area contributed by atoms with Crippen LogP contribution in [0.15, 0.2) is 42.5 Å². The summed E-state index contributed by atoms with van der Waals surface area (Å²) in [6.45, 7) is 0. The zero-order chi connectivity index (χ0) is 13.1. The minimum Gasteiger partial charge on any atom is -0.465 e. The van der Waals surface area contributed by atoms with Gasteiger partial charge in [-0.2, -0.15) is 0 Å². The predicted octanol–water partition coefficient (Wildman–Crippen LogP) is 3.93. The number of carbonyl (C=O) groups is 1. The van der Waals surface area contributed by atoms with Crippen LogP contribution in [0.1, 0.15) is 10.4 Å². The Bertz CT molecular complexity index is 596. The van der Waals surface area contributed by atoms with E-state index in [1.807, 2.05) is 0 Å². The molecule has 0 fully saturated rings. The Morgan fingerprint density at radius 1 is 1.22 bits per heavy atom. The highest BCUT2D eigenvalue weighted by Crippen LogP contribution is 2.26. The molecule has 0 saturated carbocycles. The maximum Gasteiger partial charge on any atom is 0.337 e. The van der Waals surface area contributed by atoms with Crippen LogP contribution in [0.5, 0.6) is 0 Å². The van der Waals surface area contributed by atoms with Crippen molar-refractivity contribution in [3.63, 3.8) is 0 Å². The zero-order valence-corrected chi connectivity index (χ0v) is 10.4. The summed E-state index contributed by atoms with van der Waals surface area (Å²) in [6.07, 6.45) is 0. The largest absolute Gasteiger partial charge is 0.465 e. The summed E-state index contributed by atoms with van der Waals surface area (Å²) in [4.78, 5) is 11.3. The van der Waals surface area contributed by atoms with E-state index in [0.29, 0.717) is 16.1 Å². The molecule has 4 heteroatoms. The zero-order valence-electron chi connectivity index (χ0n) is 9.61. The van der Waals surface area contributed by atoms with E-state index in [-0.39, 0.29) is 5.56 Å². The number of benzene rings is 2. The lowest BCUT2D eigenvalue weighted by Crippen LogP contribution is -2.01. The Kier molecular flexibility index (Phi) is 3.63. The topological polar surface area (TPSA) is 26.3 Å². The van der Waals surface area contributed by atoms with Crippen LogP contribution in [0.4, 0.5) is 4.39 Å².